The van der Waals surface area contributed by atoms with Crippen LogP contribution in [-0.2, 0) is 17.8 Å². The summed E-state index contributed by atoms with van der Waals surface area (Å²) in [6.45, 7) is 4.33. The maximum atomic E-state index is 5.99. The normalized spacial score (nSPS) is 18.1. The Morgan fingerprint density at radius 2 is 1.85 bits per heavy atom. The van der Waals surface area contributed by atoms with E-state index in [-0.39, 0.29) is 6.10 Å². The number of benzene rings is 2. The Morgan fingerprint density at radius 1 is 1.04 bits per heavy atom. The third kappa shape index (κ3) is 4.33. The smallest absolute Gasteiger partial charge is 0.0952 e. The van der Waals surface area contributed by atoms with Crippen molar-refractivity contribution < 1.29 is 4.74 Å². The molecule has 0 N–H and O–H groups in total. The molecule has 4 nitrogen and oxygen atoms in total. The molecule has 0 aliphatic carbocycles. The molecule has 0 radical (unpaired) electrons. The van der Waals surface area contributed by atoms with Gasteiger partial charge in [-0.15, -0.1) is 0 Å². The predicted molar refractivity (Wildman–Crippen MR) is 103 cm³/mol. The summed E-state index contributed by atoms with van der Waals surface area (Å²) >= 11 is 5.99. The van der Waals surface area contributed by atoms with Gasteiger partial charge in [0.15, 0.2) is 0 Å². The van der Waals surface area contributed by atoms with Gasteiger partial charge in [0, 0.05) is 37.1 Å². The Bertz CT molecular complexity index is 833. The molecule has 1 atom stereocenters. The lowest BCUT2D eigenvalue weighted by Gasteiger charge is -2.33. The lowest BCUT2D eigenvalue weighted by Crippen LogP contribution is -2.37. The first-order valence-electron chi connectivity index (χ1n) is 8.91. The SMILES string of the molecule is Clc1ccc([C@H]2CN(Cc3cccc(Cn4cccn4)c3)CCO2)cc1. The van der Waals surface area contributed by atoms with E-state index in [9.17, 15) is 0 Å². The minimum atomic E-state index is 0.105. The first-order valence-corrected chi connectivity index (χ1v) is 9.29. The molecular weight excluding hydrogens is 346 g/mol. The summed E-state index contributed by atoms with van der Waals surface area (Å²) in [4.78, 5) is 2.45. The minimum Gasteiger partial charge on any atom is -0.371 e. The van der Waals surface area contributed by atoms with E-state index in [2.05, 4.69) is 46.4 Å². The van der Waals surface area contributed by atoms with E-state index in [1.807, 2.05) is 35.3 Å². The maximum Gasteiger partial charge on any atom is 0.0952 e. The van der Waals surface area contributed by atoms with Crippen LogP contribution in [0.5, 0.6) is 0 Å². The quantitative estimate of drug-likeness (QED) is 0.678. The third-order valence-electron chi connectivity index (χ3n) is 4.69. The van der Waals surface area contributed by atoms with Crippen molar-refractivity contribution in [3.8, 4) is 0 Å². The zero-order valence-corrected chi connectivity index (χ0v) is 15.3. The van der Waals surface area contributed by atoms with Crippen molar-refractivity contribution in [2.24, 2.45) is 0 Å². The summed E-state index contributed by atoms with van der Waals surface area (Å²) in [5.41, 5.74) is 3.78. The fraction of sp³-hybridized carbons (Fsp3) is 0.286. The van der Waals surface area contributed by atoms with Crippen LogP contribution < -0.4 is 0 Å². The van der Waals surface area contributed by atoms with E-state index in [1.54, 1.807) is 0 Å². The van der Waals surface area contributed by atoms with Gasteiger partial charge in [0.05, 0.1) is 19.3 Å². The van der Waals surface area contributed by atoms with Crippen LogP contribution in [0, 0.1) is 0 Å². The van der Waals surface area contributed by atoms with Gasteiger partial charge in [0.1, 0.15) is 0 Å². The van der Waals surface area contributed by atoms with Crippen LogP contribution in [0.2, 0.25) is 5.02 Å². The molecule has 1 fully saturated rings. The fourth-order valence-corrected chi connectivity index (χ4v) is 3.52. The highest BCUT2D eigenvalue weighted by atomic mass is 35.5. The Labute approximate surface area is 159 Å². The van der Waals surface area contributed by atoms with Gasteiger partial charge in [0.25, 0.3) is 0 Å². The Hall–Kier alpha value is -2.14. The lowest BCUT2D eigenvalue weighted by atomic mass is 10.1. The summed E-state index contributed by atoms with van der Waals surface area (Å²) < 4.78 is 7.92. The average molecular weight is 368 g/mol. The molecule has 1 aliphatic heterocycles. The van der Waals surface area contributed by atoms with E-state index in [0.717, 1.165) is 37.8 Å². The molecule has 4 rings (SSSR count). The van der Waals surface area contributed by atoms with Crippen LogP contribution in [0.1, 0.15) is 22.8 Å². The molecule has 1 aromatic heterocycles. The van der Waals surface area contributed by atoms with Crippen LogP contribution >= 0.6 is 11.6 Å². The number of halogens is 1. The molecule has 5 heteroatoms. The van der Waals surface area contributed by atoms with Crippen molar-refractivity contribution in [1.29, 1.82) is 0 Å². The number of aromatic nitrogens is 2. The number of hydrogen-bond acceptors (Lipinski definition) is 3. The van der Waals surface area contributed by atoms with E-state index >= 15 is 0 Å². The van der Waals surface area contributed by atoms with Crippen LogP contribution in [0.25, 0.3) is 0 Å². The maximum absolute atomic E-state index is 5.99. The lowest BCUT2D eigenvalue weighted by molar-refractivity contribution is -0.0329. The number of ether oxygens (including phenoxy) is 1. The van der Waals surface area contributed by atoms with Gasteiger partial charge >= 0.3 is 0 Å². The van der Waals surface area contributed by atoms with Crippen LogP contribution in [-0.4, -0.2) is 34.4 Å². The molecule has 134 valence electrons. The Balaban J connectivity index is 1.41. The van der Waals surface area contributed by atoms with Gasteiger partial charge in [-0.2, -0.15) is 5.10 Å². The largest absolute Gasteiger partial charge is 0.371 e. The van der Waals surface area contributed by atoms with E-state index < -0.39 is 0 Å². The zero-order valence-electron chi connectivity index (χ0n) is 14.6. The van der Waals surface area contributed by atoms with Crippen LogP contribution in [0.3, 0.4) is 0 Å². The molecule has 0 unspecified atom stereocenters. The summed E-state index contributed by atoms with van der Waals surface area (Å²) in [7, 11) is 0. The highest BCUT2D eigenvalue weighted by molar-refractivity contribution is 6.30. The zero-order chi connectivity index (χ0) is 17.8. The molecule has 0 amide bonds. The average Bonchev–Trinajstić information content (AvgIpc) is 3.16. The number of morpholine rings is 1. The molecule has 1 saturated heterocycles. The molecular formula is C21H22ClN3O. The fourth-order valence-electron chi connectivity index (χ4n) is 3.39. The molecule has 2 heterocycles. The predicted octanol–water partition coefficient (Wildman–Crippen LogP) is 4.16. The molecule has 26 heavy (non-hydrogen) atoms. The van der Waals surface area contributed by atoms with Crippen molar-refractivity contribution in [2.75, 3.05) is 19.7 Å². The Morgan fingerprint density at radius 3 is 2.62 bits per heavy atom. The van der Waals surface area contributed by atoms with Crippen molar-refractivity contribution in [3.05, 3.63) is 88.7 Å². The van der Waals surface area contributed by atoms with E-state index in [1.165, 1.54) is 16.7 Å². The number of hydrogen-bond donors (Lipinski definition) is 0. The standard InChI is InChI=1S/C21H22ClN3O/c22-20-7-5-19(6-8-20)21-16-24(11-12-26-21)14-17-3-1-4-18(13-17)15-25-10-2-9-23-25/h1-10,13,21H,11-12,14-16H2/t21-/m1/s1. The summed E-state index contributed by atoms with van der Waals surface area (Å²) in [5, 5.41) is 5.05. The highest BCUT2D eigenvalue weighted by Gasteiger charge is 2.22. The highest BCUT2D eigenvalue weighted by Crippen LogP contribution is 2.24. The number of nitrogens with zero attached hydrogens (tertiary/aromatic N) is 3. The number of rotatable bonds is 5. The molecule has 0 bridgehead atoms. The molecule has 2 aromatic carbocycles. The van der Waals surface area contributed by atoms with Gasteiger partial charge in [-0.05, 0) is 34.9 Å². The third-order valence-corrected chi connectivity index (χ3v) is 4.95. The summed E-state index contributed by atoms with van der Waals surface area (Å²) in [5.74, 6) is 0. The first kappa shape index (κ1) is 17.3. The topological polar surface area (TPSA) is 30.3 Å². The van der Waals surface area contributed by atoms with Crippen molar-refractivity contribution in [3.63, 3.8) is 0 Å². The van der Waals surface area contributed by atoms with Crippen molar-refractivity contribution in [2.45, 2.75) is 19.2 Å². The van der Waals surface area contributed by atoms with E-state index in [0.29, 0.717) is 0 Å². The summed E-state index contributed by atoms with van der Waals surface area (Å²) in [6.07, 6.45) is 3.91. The van der Waals surface area contributed by atoms with Crippen LogP contribution in [0.4, 0.5) is 0 Å². The van der Waals surface area contributed by atoms with Gasteiger partial charge in [0.2, 0.25) is 0 Å². The van der Waals surface area contributed by atoms with Gasteiger partial charge in [-0.1, -0.05) is 48.0 Å². The monoisotopic (exact) mass is 367 g/mol. The second-order valence-corrected chi connectivity index (χ2v) is 7.11. The second kappa shape index (κ2) is 8.04. The molecule has 3 aromatic rings. The minimum absolute atomic E-state index is 0.105. The van der Waals surface area contributed by atoms with Gasteiger partial charge in [-0.3, -0.25) is 9.58 Å². The van der Waals surface area contributed by atoms with Crippen molar-refractivity contribution >= 4 is 11.6 Å². The van der Waals surface area contributed by atoms with E-state index in [4.69, 9.17) is 16.3 Å². The van der Waals surface area contributed by atoms with Gasteiger partial charge in [-0.25, -0.2) is 0 Å². The molecule has 1 aliphatic rings. The molecule has 0 saturated carbocycles. The van der Waals surface area contributed by atoms with Crippen LogP contribution in [0.15, 0.2) is 67.0 Å². The molecule has 0 spiro atoms. The summed E-state index contributed by atoms with van der Waals surface area (Å²) in [6, 6.07) is 18.7. The van der Waals surface area contributed by atoms with Gasteiger partial charge < -0.3 is 4.74 Å². The van der Waals surface area contributed by atoms with Crippen molar-refractivity contribution in [1.82, 2.24) is 14.7 Å². The second-order valence-electron chi connectivity index (χ2n) is 6.67. The first-order chi connectivity index (χ1) is 12.8. The Kier molecular flexibility index (Phi) is 5.34.